The second-order valence-electron chi connectivity index (χ2n) is 5.32. The summed E-state index contributed by atoms with van der Waals surface area (Å²) in [6.45, 7) is 1.85. The summed E-state index contributed by atoms with van der Waals surface area (Å²) in [5.74, 6) is -1.32. The SMILES string of the molecule is COc1cc(S(=O)(=O)N(C)c2cccc(C)c2)cc(C(=O)O)c1OC. The van der Waals surface area contributed by atoms with Crippen LogP contribution in [0.25, 0.3) is 0 Å². The number of methoxy groups -OCH3 is 2. The van der Waals surface area contributed by atoms with Gasteiger partial charge in [-0.2, -0.15) is 0 Å². The number of ether oxygens (including phenoxy) is 2. The third kappa shape index (κ3) is 3.53. The van der Waals surface area contributed by atoms with E-state index >= 15 is 0 Å². The number of benzene rings is 2. The molecule has 0 unspecified atom stereocenters. The smallest absolute Gasteiger partial charge is 0.339 e. The summed E-state index contributed by atoms with van der Waals surface area (Å²) in [4.78, 5) is 11.3. The molecule has 7 nitrogen and oxygen atoms in total. The average molecular weight is 365 g/mol. The molecular weight excluding hydrogens is 346 g/mol. The first-order chi connectivity index (χ1) is 11.7. The van der Waals surface area contributed by atoms with E-state index in [1.165, 1.54) is 27.3 Å². The Labute approximate surface area is 146 Å². The number of hydrogen-bond donors (Lipinski definition) is 1. The maximum absolute atomic E-state index is 12.9. The van der Waals surface area contributed by atoms with E-state index in [1.54, 1.807) is 18.2 Å². The molecule has 0 aliphatic rings. The van der Waals surface area contributed by atoms with Crippen LogP contribution < -0.4 is 13.8 Å². The molecule has 0 bridgehead atoms. The standard InChI is InChI=1S/C17H19NO6S/c1-11-6-5-7-12(8-11)18(2)25(21,22)13-9-14(17(19)20)16(24-4)15(10-13)23-3/h5-10H,1-4H3,(H,19,20). The molecule has 0 aliphatic carbocycles. The van der Waals surface area contributed by atoms with E-state index in [0.29, 0.717) is 5.69 Å². The van der Waals surface area contributed by atoms with Gasteiger partial charge in [-0.25, -0.2) is 13.2 Å². The van der Waals surface area contributed by atoms with Crippen molar-refractivity contribution in [3.63, 3.8) is 0 Å². The van der Waals surface area contributed by atoms with Crippen molar-refractivity contribution in [2.75, 3.05) is 25.6 Å². The van der Waals surface area contributed by atoms with Crippen molar-refractivity contribution in [3.8, 4) is 11.5 Å². The molecule has 0 heterocycles. The quantitative estimate of drug-likeness (QED) is 0.846. The summed E-state index contributed by atoms with van der Waals surface area (Å²) in [7, 11) is 0.0148. The molecule has 2 rings (SSSR count). The fourth-order valence-corrected chi connectivity index (χ4v) is 3.60. The minimum Gasteiger partial charge on any atom is -0.493 e. The van der Waals surface area contributed by atoms with Crippen molar-refractivity contribution in [1.82, 2.24) is 0 Å². The molecule has 0 spiro atoms. The van der Waals surface area contributed by atoms with Crippen LogP contribution >= 0.6 is 0 Å². The lowest BCUT2D eigenvalue weighted by atomic mass is 10.2. The summed E-state index contributed by atoms with van der Waals surface area (Å²) in [6.07, 6.45) is 0. The van der Waals surface area contributed by atoms with Gasteiger partial charge in [-0.1, -0.05) is 12.1 Å². The van der Waals surface area contributed by atoms with E-state index in [4.69, 9.17) is 9.47 Å². The number of nitrogens with zero attached hydrogens (tertiary/aromatic N) is 1. The Morgan fingerprint density at radius 1 is 1.12 bits per heavy atom. The zero-order chi connectivity index (χ0) is 18.8. The average Bonchev–Trinajstić information content (AvgIpc) is 2.59. The number of rotatable bonds is 6. The van der Waals surface area contributed by atoms with Gasteiger partial charge in [0.05, 0.1) is 24.8 Å². The second-order valence-corrected chi connectivity index (χ2v) is 7.29. The number of carboxylic acids is 1. The lowest BCUT2D eigenvalue weighted by molar-refractivity contribution is 0.0692. The van der Waals surface area contributed by atoms with Gasteiger partial charge in [-0.05, 0) is 30.7 Å². The van der Waals surface area contributed by atoms with Crippen molar-refractivity contribution in [2.45, 2.75) is 11.8 Å². The van der Waals surface area contributed by atoms with Gasteiger partial charge >= 0.3 is 5.97 Å². The number of anilines is 1. The van der Waals surface area contributed by atoms with Gasteiger partial charge in [0.15, 0.2) is 11.5 Å². The van der Waals surface area contributed by atoms with Gasteiger partial charge < -0.3 is 14.6 Å². The molecule has 0 atom stereocenters. The molecule has 134 valence electrons. The molecule has 25 heavy (non-hydrogen) atoms. The summed E-state index contributed by atoms with van der Waals surface area (Å²) >= 11 is 0. The highest BCUT2D eigenvalue weighted by molar-refractivity contribution is 7.92. The van der Waals surface area contributed by atoms with Crippen molar-refractivity contribution in [2.24, 2.45) is 0 Å². The molecule has 0 amide bonds. The van der Waals surface area contributed by atoms with E-state index in [2.05, 4.69) is 0 Å². The largest absolute Gasteiger partial charge is 0.493 e. The predicted octanol–water partition coefficient (Wildman–Crippen LogP) is 2.54. The molecule has 0 aliphatic heterocycles. The van der Waals surface area contributed by atoms with E-state index in [0.717, 1.165) is 15.9 Å². The number of carboxylic acid groups (broad SMARTS) is 1. The molecule has 0 saturated carbocycles. The first-order valence-corrected chi connectivity index (χ1v) is 8.71. The highest BCUT2D eigenvalue weighted by Gasteiger charge is 2.27. The number of aromatic carboxylic acids is 1. The molecule has 2 aromatic carbocycles. The Morgan fingerprint density at radius 3 is 2.32 bits per heavy atom. The summed E-state index contributed by atoms with van der Waals surface area (Å²) in [5.41, 5.74) is 1.07. The summed E-state index contributed by atoms with van der Waals surface area (Å²) < 4.78 is 37.1. The first kappa shape index (κ1) is 18.6. The maximum Gasteiger partial charge on any atom is 0.339 e. The Bertz CT molecular complexity index is 907. The fourth-order valence-electron chi connectivity index (χ4n) is 2.37. The molecule has 0 aromatic heterocycles. The van der Waals surface area contributed by atoms with Crippen LogP contribution in [0.5, 0.6) is 11.5 Å². The number of sulfonamides is 1. The van der Waals surface area contributed by atoms with Crippen LogP contribution in [0.4, 0.5) is 5.69 Å². The van der Waals surface area contributed by atoms with Gasteiger partial charge in [0.1, 0.15) is 5.56 Å². The van der Waals surface area contributed by atoms with E-state index in [9.17, 15) is 18.3 Å². The predicted molar refractivity (Wildman–Crippen MR) is 93.3 cm³/mol. The first-order valence-electron chi connectivity index (χ1n) is 7.27. The van der Waals surface area contributed by atoms with Gasteiger partial charge in [-0.3, -0.25) is 4.31 Å². The zero-order valence-electron chi connectivity index (χ0n) is 14.3. The Balaban J connectivity index is 2.63. The Kier molecular flexibility index (Phi) is 5.22. The van der Waals surface area contributed by atoms with Crippen LogP contribution in [0, 0.1) is 6.92 Å². The van der Waals surface area contributed by atoms with Crippen LogP contribution in [0.3, 0.4) is 0 Å². The molecular formula is C17H19NO6S. The van der Waals surface area contributed by atoms with Crippen LogP contribution in [-0.2, 0) is 10.0 Å². The fraction of sp³-hybridized carbons (Fsp3) is 0.235. The number of hydrogen-bond acceptors (Lipinski definition) is 5. The molecule has 8 heteroatoms. The van der Waals surface area contributed by atoms with Crippen LogP contribution in [-0.4, -0.2) is 40.8 Å². The van der Waals surface area contributed by atoms with Crippen LogP contribution in [0.15, 0.2) is 41.3 Å². The van der Waals surface area contributed by atoms with Gasteiger partial charge in [0.25, 0.3) is 10.0 Å². The van der Waals surface area contributed by atoms with Gasteiger partial charge in [0, 0.05) is 13.1 Å². The maximum atomic E-state index is 12.9. The molecule has 0 radical (unpaired) electrons. The van der Waals surface area contributed by atoms with Crippen LogP contribution in [0.1, 0.15) is 15.9 Å². The number of aryl methyl sites for hydroxylation is 1. The molecule has 2 aromatic rings. The third-order valence-electron chi connectivity index (χ3n) is 3.71. The van der Waals surface area contributed by atoms with Crippen molar-refractivity contribution in [3.05, 3.63) is 47.5 Å². The van der Waals surface area contributed by atoms with Crippen molar-refractivity contribution in [1.29, 1.82) is 0 Å². The molecule has 1 N–H and O–H groups in total. The second kappa shape index (κ2) is 7.02. The van der Waals surface area contributed by atoms with Crippen molar-refractivity contribution >= 4 is 21.7 Å². The summed E-state index contributed by atoms with van der Waals surface area (Å²) in [5, 5.41) is 9.35. The van der Waals surface area contributed by atoms with Gasteiger partial charge in [-0.15, -0.1) is 0 Å². The van der Waals surface area contributed by atoms with Crippen molar-refractivity contribution < 1.29 is 27.8 Å². The van der Waals surface area contributed by atoms with Crippen LogP contribution in [0.2, 0.25) is 0 Å². The molecule has 0 saturated heterocycles. The van der Waals surface area contributed by atoms with E-state index in [1.807, 2.05) is 13.0 Å². The normalized spacial score (nSPS) is 11.0. The minimum absolute atomic E-state index is 0.0265. The lowest BCUT2D eigenvalue weighted by Crippen LogP contribution is -2.27. The Morgan fingerprint density at radius 2 is 1.80 bits per heavy atom. The third-order valence-corrected chi connectivity index (χ3v) is 5.47. The van der Waals surface area contributed by atoms with Gasteiger partial charge in [0.2, 0.25) is 0 Å². The van der Waals surface area contributed by atoms with E-state index in [-0.39, 0.29) is 22.0 Å². The summed E-state index contributed by atoms with van der Waals surface area (Å²) in [6, 6.07) is 9.27. The highest BCUT2D eigenvalue weighted by Crippen LogP contribution is 2.35. The minimum atomic E-state index is -3.99. The van der Waals surface area contributed by atoms with E-state index < -0.39 is 16.0 Å². The molecule has 0 fully saturated rings. The number of carbonyl (C=O) groups is 1. The highest BCUT2D eigenvalue weighted by atomic mass is 32.2. The lowest BCUT2D eigenvalue weighted by Gasteiger charge is -2.21. The topological polar surface area (TPSA) is 93.1 Å². The Hall–Kier alpha value is -2.74. The zero-order valence-corrected chi connectivity index (χ0v) is 15.1. The monoisotopic (exact) mass is 365 g/mol.